The molecule has 0 radical (unpaired) electrons. The monoisotopic (exact) mass is 246 g/mol. The van der Waals surface area contributed by atoms with Gasteiger partial charge in [0.05, 0.1) is 18.9 Å². The fourth-order valence-electron chi connectivity index (χ4n) is 1.34. The summed E-state index contributed by atoms with van der Waals surface area (Å²) in [5.41, 5.74) is 0.191. The number of aromatic nitrogens is 2. The normalized spacial score (nSPS) is 9.83. The number of carbonyl (C=O) groups excluding carboxylic acids is 1. The van der Waals surface area contributed by atoms with Gasteiger partial charge in [-0.3, -0.25) is 4.98 Å². The quantitative estimate of drug-likeness (QED) is 0.831. The van der Waals surface area contributed by atoms with Gasteiger partial charge in [0.15, 0.2) is 0 Å². The number of rotatable bonds is 3. The van der Waals surface area contributed by atoms with E-state index in [4.69, 9.17) is 4.74 Å². The molecule has 6 heteroatoms. The van der Waals surface area contributed by atoms with Crippen molar-refractivity contribution in [2.24, 2.45) is 0 Å². The summed E-state index contributed by atoms with van der Waals surface area (Å²) >= 11 is 0. The molecule has 0 saturated heterocycles. The Hall–Kier alpha value is -2.63. The first-order valence-corrected chi connectivity index (χ1v) is 5.05. The second-order valence-corrected chi connectivity index (χ2v) is 3.35. The third-order valence-electron chi connectivity index (χ3n) is 2.07. The molecule has 2 rings (SSSR count). The van der Waals surface area contributed by atoms with E-state index in [0.29, 0.717) is 0 Å². The molecule has 0 amide bonds. The van der Waals surface area contributed by atoms with Crippen molar-refractivity contribution in [3.05, 3.63) is 42.4 Å². The third-order valence-corrected chi connectivity index (χ3v) is 2.07. The molecular weight excluding hydrogens is 236 g/mol. The van der Waals surface area contributed by atoms with Crippen LogP contribution in [0.5, 0.6) is 17.4 Å². The predicted molar refractivity (Wildman–Crippen MR) is 61.6 cm³/mol. The minimum Gasteiger partial charge on any atom is -0.508 e. The van der Waals surface area contributed by atoms with Crippen molar-refractivity contribution in [2.75, 3.05) is 7.11 Å². The summed E-state index contributed by atoms with van der Waals surface area (Å²) in [5, 5.41) is 9.49. The van der Waals surface area contributed by atoms with Gasteiger partial charge >= 0.3 is 5.97 Å². The fraction of sp³-hybridized carbons (Fsp3) is 0.0833. The average Bonchev–Trinajstić information content (AvgIpc) is 2.38. The highest BCUT2D eigenvalue weighted by Gasteiger charge is 2.10. The molecule has 0 atom stereocenters. The molecule has 1 heterocycles. The second-order valence-electron chi connectivity index (χ2n) is 3.35. The van der Waals surface area contributed by atoms with Crippen LogP contribution in [0.15, 0.2) is 36.8 Å². The molecule has 0 aliphatic heterocycles. The molecule has 2 aromatic rings. The van der Waals surface area contributed by atoms with Crippen LogP contribution in [-0.2, 0) is 4.74 Å². The van der Waals surface area contributed by atoms with Gasteiger partial charge in [-0.1, -0.05) is 0 Å². The third kappa shape index (κ3) is 2.73. The Kier molecular flexibility index (Phi) is 3.38. The van der Waals surface area contributed by atoms with Crippen LogP contribution in [0.25, 0.3) is 0 Å². The van der Waals surface area contributed by atoms with E-state index in [1.54, 1.807) is 0 Å². The number of phenolic OH excluding ortho intramolecular Hbond substituents is 1. The lowest BCUT2D eigenvalue weighted by atomic mass is 10.2. The van der Waals surface area contributed by atoms with E-state index in [1.165, 1.54) is 43.9 Å². The first-order chi connectivity index (χ1) is 8.69. The highest BCUT2D eigenvalue weighted by Crippen LogP contribution is 2.25. The summed E-state index contributed by atoms with van der Waals surface area (Å²) < 4.78 is 9.92. The van der Waals surface area contributed by atoms with Crippen LogP contribution in [0.2, 0.25) is 0 Å². The van der Waals surface area contributed by atoms with E-state index in [2.05, 4.69) is 14.7 Å². The van der Waals surface area contributed by atoms with Crippen LogP contribution in [0.3, 0.4) is 0 Å². The maximum Gasteiger partial charge on any atom is 0.338 e. The molecule has 1 aromatic carbocycles. The Morgan fingerprint density at radius 1 is 1.28 bits per heavy atom. The smallest absolute Gasteiger partial charge is 0.338 e. The molecule has 1 N–H and O–H groups in total. The van der Waals surface area contributed by atoms with Crippen molar-refractivity contribution in [3.8, 4) is 17.4 Å². The molecule has 92 valence electrons. The molecule has 0 bridgehead atoms. The summed E-state index contributed by atoms with van der Waals surface area (Å²) in [7, 11) is 1.26. The van der Waals surface area contributed by atoms with E-state index in [9.17, 15) is 9.90 Å². The molecule has 6 nitrogen and oxygen atoms in total. The first-order valence-electron chi connectivity index (χ1n) is 5.05. The summed E-state index contributed by atoms with van der Waals surface area (Å²) in [6.45, 7) is 0. The summed E-state index contributed by atoms with van der Waals surface area (Å²) in [6.07, 6.45) is 4.40. The van der Waals surface area contributed by atoms with Crippen molar-refractivity contribution >= 4 is 5.97 Å². The van der Waals surface area contributed by atoms with Gasteiger partial charge in [-0.05, 0) is 12.1 Å². The van der Waals surface area contributed by atoms with E-state index in [-0.39, 0.29) is 22.9 Å². The van der Waals surface area contributed by atoms with Gasteiger partial charge in [-0.2, -0.15) is 0 Å². The molecule has 0 saturated carbocycles. The molecule has 18 heavy (non-hydrogen) atoms. The number of phenols is 1. The molecule has 0 fully saturated rings. The summed E-state index contributed by atoms with van der Waals surface area (Å²) in [5.74, 6) is -0.124. The Balaban J connectivity index is 2.28. The number of nitrogens with zero attached hydrogens (tertiary/aromatic N) is 2. The lowest BCUT2D eigenvalue weighted by Crippen LogP contribution is -2.01. The number of carbonyl (C=O) groups is 1. The Morgan fingerprint density at radius 3 is 2.78 bits per heavy atom. The van der Waals surface area contributed by atoms with Gasteiger partial charge in [0, 0.05) is 18.5 Å². The van der Waals surface area contributed by atoms with Crippen molar-refractivity contribution in [3.63, 3.8) is 0 Å². The maximum atomic E-state index is 11.4. The molecule has 1 aromatic heterocycles. The van der Waals surface area contributed by atoms with Gasteiger partial charge in [0.2, 0.25) is 5.88 Å². The largest absolute Gasteiger partial charge is 0.508 e. The number of aromatic hydroxyl groups is 1. The zero-order chi connectivity index (χ0) is 13.0. The van der Waals surface area contributed by atoms with Crippen LogP contribution < -0.4 is 4.74 Å². The molecular formula is C12H10N2O4. The number of methoxy groups -OCH3 is 1. The van der Waals surface area contributed by atoms with Gasteiger partial charge in [0.1, 0.15) is 11.5 Å². The topological polar surface area (TPSA) is 81.5 Å². The first kappa shape index (κ1) is 11.8. The number of ether oxygens (including phenoxy) is 2. The minimum absolute atomic E-state index is 0.100. The maximum absolute atomic E-state index is 11.4. The van der Waals surface area contributed by atoms with Crippen LogP contribution in [-0.4, -0.2) is 28.2 Å². The predicted octanol–water partition coefficient (Wildman–Crippen LogP) is 1.76. The Bertz CT molecular complexity index is 557. The summed E-state index contributed by atoms with van der Waals surface area (Å²) in [4.78, 5) is 19.1. The van der Waals surface area contributed by atoms with Crippen molar-refractivity contribution < 1.29 is 19.4 Å². The van der Waals surface area contributed by atoms with Crippen LogP contribution >= 0.6 is 0 Å². The SMILES string of the molecule is COC(=O)c1cc(O)cc(Oc2cnccn2)c1. The molecule has 0 spiro atoms. The van der Waals surface area contributed by atoms with Gasteiger partial charge < -0.3 is 14.6 Å². The van der Waals surface area contributed by atoms with Gasteiger partial charge in [-0.25, -0.2) is 9.78 Å². The van der Waals surface area contributed by atoms with Crippen LogP contribution in [0.1, 0.15) is 10.4 Å². The lowest BCUT2D eigenvalue weighted by Gasteiger charge is -2.06. The van der Waals surface area contributed by atoms with E-state index in [0.717, 1.165) is 0 Å². The highest BCUT2D eigenvalue weighted by atomic mass is 16.5. The Morgan fingerprint density at radius 2 is 2.11 bits per heavy atom. The Labute approximate surface area is 103 Å². The van der Waals surface area contributed by atoms with E-state index in [1.807, 2.05) is 0 Å². The highest BCUT2D eigenvalue weighted by molar-refractivity contribution is 5.90. The number of hydrogen-bond donors (Lipinski definition) is 1. The number of hydrogen-bond acceptors (Lipinski definition) is 6. The average molecular weight is 246 g/mol. The van der Waals surface area contributed by atoms with Crippen molar-refractivity contribution in [1.29, 1.82) is 0 Å². The lowest BCUT2D eigenvalue weighted by molar-refractivity contribution is 0.0600. The number of benzene rings is 1. The van der Waals surface area contributed by atoms with E-state index < -0.39 is 5.97 Å². The molecule has 0 aliphatic rings. The zero-order valence-corrected chi connectivity index (χ0v) is 9.53. The second kappa shape index (κ2) is 5.13. The van der Waals surface area contributed by atoms with Crippen molar-refractivity contribution in [1.82, 2.24) is 9.97 Å². The summed E-state index contributed by atoms with van der Waals surface area (Å²) in [6, 6.07) is 4.09. The standard InChI is InChI=1S/C12H10N2O4/c1-17-12(16)8-4-9(15)6-10(5-8)18-11-7-13-2-3-14-11/h2-7,15H,1H3. The number of esters is 1. The van der Waals surface area contributed by atoms with Gasteiger partial charge in [0.25, 0.3) is 0 Å². The van der Waals surface area contributed by atoms with E-state index >= 15 is 0 Å². The molecule has 0 aliphatic carbocycles. The molecule has 0 unspecified atom stereocenters. The fourth-order valence-corrected chi connectivity index (χ4v) is 1.34. The van der Waals surface area contributed by atoms with Crippen LogP contribution in [0.4, 0.5) is 0 Å². The zero-order valence-electron chi connectivity index (χ0n) is 9.53. The van der Waals surface area contributed by atoms with Gasteiger partial charge in [-0.15, -0.1) is 0 Å². The van der Waals surface area contributed by atoms with Crippen LogP contribution in [0, 0.1) is 0 Å². The van der Waals surface area contributed by atoms with Crippen molar-refractivity contribution in [2.45, 2.75) is 0 Å². The minimum atomic E-state index is -0.560.